The van der Waals surface area contributed by atoms with Gasteiger partial charge in [-0.2, -0.15) is 0 Å². The zero-order valence-corrected chi connectivity index (χ0v) is 43.1. The van der Waals surface area contributed by atoms with Crippen molar-refractivity contribution < 1.29 is 42.9 Å². The Balaban J connectivity index is 4.40. The van der Waals surface area contributed by atoms with Gasteiger partial charge in [-0.05, 0) is 64.2 Å². The number of rotatable bonds is 48. The van der Waals surface area contributed by atoms with E-state index < -0.39 is 24.3 Å². The van der Waals surface area contributed by atoms with Gasteiger partial charge in [-0.1, -0.05) is 209 Å². The number of unbranched alkanes of at least 4 members (excludes halogenated alkanes) is 21. The molecule has 0 aromatic carbocycles. The summed E-state index contributed by atoms with van der Waals surface area (Å²) in [6, 6.07) is 0. The first-order chi connectivity index (χ1) is 32.1. The van der Waals surface area contributed by atoms with Gasteiger partial charge in [0.2, 0.25) is 0 Å². The number of nitrogens with zero attached hydrogens (tertiary/aromatic N) is 1. The molecule has 0 saturated heterocycles. The van der Waals surface area contributed by atoms with E-state index in [1.165, 1.54) is 109 Å². The van der Waals surface area contributed by atoms with Gasteiger partial charge in [-0.3, -0.25) is 9.59 Å². The molecule has 0 aliphatic rings. The highest BCUT2D eigenvalue weighted by molar-refractivity contribution is 5.71. The minimum Gasteiger partial charge on any atom is -0.477 e. The van der Waals surface area contributed by atoms with Gasteiger partial charge in [0, 0.05) is 12.8 Å². The number of quaternary nitrogens is 1. The first-order valence-electron chi connectivity index (χ1n) is 26.6. The first-order valence-corrected chi connectivity index (χ1v) is 26.6. The molecule has 0 spiro atoms. The molecule has 0 rings (SSSR count). The van der Waals surface area contributed by atoms with E-state index in [4.69, 9.17) is 18.9 Å². The number of ether oxygens (including phenoxy) is 4. The Kier molecular flexibility index (Phi) is 45.8. The van der Waals surface area contributed by atoms with Gasteiger partial charge in [0.25, 0.3) is 6.29 Å². The molecule has 1 N–H and O–H groups in total. The van der Waals surface area contributed by atoms with Crippen molar-refractivity contribution in [3.05, 3.63) is 72.9 Å². The Labute approximate surface area is 405 Å². The van der Waals surface area contributed by atoms with Crippen LogP contribution in [0.15, 0.2) is 72.9 Å². The number of hydrogen-bond donors (Lipinski definition) is 1. The molecule has 380 valence electrons. The van der Waals surface area contributed by atoms with E-state index in [1.54, 1.807) is 0 Å². The summed E-state index contributed by atoms with van der Waals surface area (Å²) in [5, 5.41) is 9.68. The van der Waals surface area contributed by atoms with Crippen molar-refractivity contribution in [2.24, 2.45) is 0 Å². The maximum Gasteiger partial charge on any atom is 0.361 e. The van der Waals surface area contributed by atoms with Crippen molar-refractivity contribution in [1.82, 2.24) is 0 Å². The predicted octanol–water partition coefficient (Wildman–Crippen LogP) is 15.1. The summed E-state index contributed by atoms with van der Waals surface area (Å²) >= 11 is 0. The van der Waals surface area contributed by atoms with Crippen molar-refractivity contribution in [3.63, 3.8) is 0 Å². The molecule has 9 heteroatoms. The maximum absolute atomic E-state index is 12.8. The van der Waals surface area contributed by atoms with Crippen molar-refractivity contribution in [2.45, 2.75) is 225 Å². The Morgan fingerprint density at radius 2 is 0.864 bits per heavy atom. The Morgan fingerprint density at radius 3 is 1.29 bits per heavy atom. The number of carbonyl (C=O) groups excluding carboxylic acids is 2. The highest BCUT2D eigenvalue weighted by Gasteiger charge is 2.25. The van der Waals surface area contributed by atoms with Gasteiger partial charge in [0.15, 0.2) is 6.10 Å². The Morgan fingerprint density at radius 1 is 0.470 bits per heavy atom. The van der Waals surface area contributed by atoms with Crippen LogP contribution < -0.4 is 0 Å². The molecule has 0 aliphatic carbocycles. The third kappa shape index (κ3) is 48.7. The van der Waals surface area contributed by atoms with E-state index in [2.05, 4.69) is 86.8 Å². The number of carboxylic acids is 1. The van der Waals surface area contributed by atoms with Gasteiger partial charge in [-0.25, -0.2) is 4.79 Å². The minimum atomic E-state index is -1.52. The van der Waals surface area contributed by atoms with Gasteiger partial charge in [0.05, 0.1) is 34.4 Å². The number of carboxylic acid groups (broad SMARTS) is 1. The fourth-order valence-electron chi connectivity index (χ4n) is 7.13. The molecule has 9 nitrogen and oxygen atoms in total. The number of allylic oxidation sites excluding steroid dienone is 12. The zero-order valence-electron chi connectivity index (χ0n) is 43.1. The Hall–Kier alpha value is -3.27. The molecule has 0 aliphatic heterocycles. The van der Waals surface area contributed by atoms with Crippen molar-refractivity contribution >= 4 is 17.9 Å². The topological polar surface area (TPSA) is 108 Å². The second-order valence-corrected chi connectivity index (χ2v) is 18.8. The molecule has 0 saturated carbocycles. The van der Waals surface area contributed by atoms with Crippen molar-refractivity contribution in [2.75, 3.05) is 47.5 Å². The van der Waals surface area contributed by atoms with Gasteiger partial charge < -0.3 is 28.5 Å². The van der Waals surface area contributed by atoms with Crippen molar-refractivity contribution in [1.29, 1.82) is 0 Å². The van der Waals surface area contributed by atoms with Crippen LogP contribution in [0.25, 0.3) is 0 Å². The number of carbonyl (C=O) groups is 3. The minimum absolute atomic E-state index is 0.177. The fraction of sp³-hybridized carbons (Fsp3) is 0.737. The van der Waals surface area contributed by atoms with E-state index in [0.717, 1.165) is 70.6 Å². The number of esters is 2. The third-order valence-electron chi connectivity index (χ3n) is 11.2. The largest absolute Gasteiger partial charge is 0.477 e. The van der Waals surface area contributed by atoms with Crippen molar-refractivity contribution in [3.8, 4) is 0 Å². The third-order valence-corrected chi connectivity index (χ3v) is 11.2. The van der Waals surface area contributed by atoms with Crippen LogP contribution in [0, 0.1) is 0 Å². The molecule has 0 aromatic rings. The fourth-order valence-corrected chi connectivity index (χ4v) is 7.13. The summed E-state index contributed by atoms with van der Waals surface area (Å²) in [6.07, 6.45) is 58.3. The first kappa shape index (κ1) is 62.7. The average molecular weight is 927 g/mol. The molecule has 0 amide bonds. The number of aliphatic carboxylic acids is 1. The summed E-state index contributed by atoms with van der Waals surface area (Å²) in [6.45, 7) is 4.72. The molecule has 0 aromatic heterocycles. The van der Waals surface area contributed by atoms with Gasteiger partial charge in [0.1, 0.15) is 13.2 Å². The molecular formula is C57H100NO8+. The second-order valence-electron chi connectivity index (χ2n) is 18.8. The van der Waals surface area contributed by atoms with E-state index in [-0.39, 0.29) is 32.2 Å². The standard InChI is InChI=1S/C57H99NO8/c1-6-8-10-12-14-16-18-20-22-24-26-28-30-32-34-36-38-40-42-44-46-48-55(60)66-53(52-65-57(56(61)62)63-50-49-58(3,4)5)51-64-54(59)47-45-43-41-39-37-35-33-31-29-27-25-23-21-19-17-15-13-11-9-7-2/h8,10,14,16,20,22,26,28,32,34,38,40,53,57H,6-7,9,11-13,15,17-19,21,23-25,27,29-31,33,35-37,39,41-52H2,1-5H3/p+1/b10-8-,16-14-,22-20-,28-26-,34-32-,40-38-. The van der Waals surface area contributed by atoms with Crippen LogP contribution >= 0.6 is 0 Å². The average Bonchev–Trinajstić information content (AvgIpc) is 3.28. The molecule has 0 bridgehead atoms. The van der Waals surface area contributed by atoms with Crippen LogP contribution in [-0.2, 0) is 33.3 Å². The molecule has 0 radical (unpaired) electrons. The quantitative estimate of drug-likeness (QED) is 0.0211. The lowest BCUT2D eigenvalue weighted by atomic mass is 10.0. The summed E-state index contributed by atoms with van der Waals surface area (Å²) in [7, 11) is 5.95. The monoisotopic (exact) mass is 927 g/mol. The zero-order chi connectivity index (χ0) is 48.4. The SMILES string of the molecule is CC/C=C\C/C=C\C/C=C\C/C=C\C/C=C\C/C=C\CCCCC(=O)OC(COC(=O)CCCCCCCCCCCCCCCCCCCCCC)COC(OCC[N+](C)(C)C)C(=O)O. The van der Waals surface area contributed by atoms with Crippen LogP contribution in [0.3, 0.4) is 0 Å². The molecule has 0 fully saturated rings. The lowest BCUT2D eigenvalue weighted by Crippen LogP contribution is -2.40. The lowest BCUT2D eigenvalue weighted by Gasteiger charge is -2.25. The van der Waals surface area contributed by atoms with Gasteiger partial charge in [-0.15, -0.1) is 0 Å². The summed E-state index contributed by atoms with van der Waals surface area (Å²) < 4.78 is 22.8. The van der Waals surface area contributed by atoms with Crippen LogP contribution in [0.1, 0.15) is 213 Å². The maximum atomic E-state index is 12.8. The normalized spacial score (nSPS) is 13.4. The number of hydrogen-bond acceptors (Lipinski definition) is 7. The van der Waals surface area contributed by atoms with E-state index >= 15 is 0 Å². The van der Waals surface area contributed by atoms with Crippen LogP contribution in [0.5, 0.6) is 0 Å². The lowest BCUT2D eigenvalue weighted by molar-refractivity contribution is -0.870. The molecular weight excluding hydrogens is 827 g/mol. The highest BCUT2D eigenvalue weighted by Crippen LogP contribution is 2.16. The molecule has 0 heterocycles. The van der Waals surface area contributed by atoms with E-state index in [1.807, 2.05) is 21.1 Å². The summed E-state index contributed by atoms with van der Waals surface area (Å²) in [5.74, 6) is -2.06. The second kappa shape index (κ2) is 48.2. The van der Waals surface area contributed by atoms with Gasteiger partial charge >= 0.3 is 17.9 Å². The van der Waals surface area contributed by atoms with Crippen LogP contribution in [0.2, 0.25) is 0 Å². The Bertz CT molecular complexity index is 1310. The summed E-state index contributed by atoms with van der Waals surface area (Å²) in [5.41, 5.74) is 0. The molecule has 2 unspecified atom stereocenters. The summed E-state index contributed by atoms with van der Waals surface area (Å²) in [4.78, 5) is 37.3. The molecule has 2 atom stereocenters. The van der Waals surface area contributed by atoms with E-state index in [0.29, 0.717) is 23.9 Å². The smallest absolute Gasteiger partial charge is 0.361 e. The molecule has 66 heavy (non-hydrogen) atoms. The highest BCUT2D eigenvalue weighted by atomic mass is 16.7. The predicted molar refractivity (Wildman–Crippen MR) is 276 cm³/mol. The van der Waals surface area contributed by atoms with Crippen LogP contribution in [0.4, 0.5) is 0 Å². The van der Waals surface area contributed by atoms with E-state index in [9.17, 15) is 19.5 Å². The number of likely N-dealkylation sites (N-methyl/N-ethyl adjacent to an activating group) is 1. The van der Waals surface area contributed by atoms with Crippen LogP contribution in [-0.4, -0.2) is 87.4 Å².